The van der Waals surface area contributed by atoms with Crippen molar-refractivity contribution in [2.24, 2.45) is 0 Å². The monoisotopic (exact) mass is 242 g/mol. The molecule has 1 N–H and O–H groups in total. The molecule has 0 aliphatic heterocycles. The summed E-state index contributed by atoms with van der Waals surface area (Å²) >= 11 is 0. The number of rotatable bonds is 3. The Balaban J connectivity index is 2.33. The van der Waals surface area contributed by atoms with Crippen LogP contribution in [0.5, 0.6) is 0 Å². The van der Waals surface area contributed by atoms with Crippen molar-refractivity contribution < 1.29 is 9.90 Å². The molecule has 0 bridgehead atoms. The van der Waals surface area contributed by atoms with Crippen LogP contribution in [0.25, 0.3) is 11.8 Å². The molecular weight excluding hydrogens is 228 g/mol. The third-order valence-electron chi connectivity index (χ3n) is 2.61. The molecule has 0 saturated carbocycles. The van der Waals surface area contributed by atoms with Crippen LogP contribution in [0.15, 0.2) is 36.5 Å². The summed E-state index contributed by atoms with van der Waals surface area (Å²) in [6.07, 6.45) is 4.62. The topological polar surface area (TPSA) is 55.1 Å². The maximum atomic E-state index is 10.4. The van der Waals surface area contributed by atoms with E-state index >= 15 is 0 Å². The zero-order chi connectivity index (χ0) is 13.1. The summed E-state index contributed by atoms with van der Waals surface area (Å²) in [5.74, 6) is -0.945. The molecule has 18 heavy (non-hydrogen) atoms. The molecule has 1 heterocycles. The standard InChI is InChI=1S/C14H14N2O2/c1-10-9-12(4-6-14(17)18)3-5-13(10)16-8-7-11(2)15-16/h3-9H,1-2H3,(H,17,18)/b6-4+. The van der Waals surface area contributed by atoms with E-state index in [4.69, 9.17) is 5.11 Å². The van der Waals surface area contributed by atoms with Gasteiger partial charge in [-0.1, -0.05) is 6.07 Å². The van der Waals surface area contributed by atoms with Crippen molar-refractivity contribution in [2.45, 2.75) is 13.8 Å². The molecule has 1 aromatic carbocycles. The van der Waals surface area contributed by atoms with E-state index in [2.05, 4.69) is 5.10 Å². The van der Waals surface area contributed by atoms with Crippen LogP contribution in [0.2, 0.25) is 0 Å². The second-order valence-corrected chi connectivity index (χ2v) is 4.12. The lowest BCUT2D eigenvalue weighted by Crippen LogP contribution is -1.98. The number of aryl methyl sites for hydroxylation is 2. The molecule has 0 spiro atoms. The lowest BCUT2D eigenvalue weighted by molar-refractivity contribution is -0.131. The number of hydrogen-bond donors (Lipinski definition) is 1. The lowest BCUT2D eigenvalue weighted by atomic mass is 10.1. The Hall–Kier alpha value is -2.36. The largest absolute Gasteiger partial charge is 0.478 e. The predicted molar refractivity (Wildman–Crippen MR) is 69.7 cm³/mol. The second-order valence-electron chi connectivity index (χ2n) is 4.12. The quantitative estimate of drug-likeness (QED) is 0.842. The van der Waals surface area contributed by atoms with E-state index in [0.29, 0.717) is 0 Å². The second kappa shape index (κ2) is 4.87. The first-order valence-electron chi connectivity index (χ1n) is 5.60. The molecule has 0 fully saturated rings. The van der Waals surface area contributed by atoms with Gasteiger partial charge >= 0.3 is 5.97 Å². The predicted octanol–water partition coefficient (Wildman–Crippen LogP) is 2.59. The molecule has 1 aromatic heterocycles. The third kappa shape index (κ3) is 2.66. The summed E-state index contributed by atoms with van der Waals surface area (Å²) in [4.78, 5) is 10.4. The molecular formula is C14H14N2O2. The van der Waals surface area contributed by atoms with E-state index in [0.717, 1.165) is 28.6 Å². The minimum atomic E-state index is -0.945. The summed E-state index contributed by atoms with van der Waals surface area (Å²) in [7, 11) is 0. The van der Waals surface area contributed by atoms with Gasteiger partial charge in [-0.2, -0.15) is 5.10 Å². The molecule has 0 aliphatic rings. The van der Waals surface area contributed by atoms with Crippen LogP contribution in [0.3, 0.4) is 0 Å². The fraction of sp³-hybridized carbons (Fsp3) is 0.143. The molecule has 4 nitrogen and oxygen atoms in total. The van der Waals surface area contributed by atoms with Crippen LogP contribution in [-0.2, 0) is 4.79 Å². The highest BCUT2D eigenvalue weighted by Crippen LogP contribution is 2.16. The van der Waals surface area contributed by atoms with E-state index in [1.165, 1.54) is 0 Å². The van der Waals surface area contributed by atoms with Crippen LogP contribution in [0.1, 0.15) is 16.8 Å². The first kappa shape index (κ1) is 12.1. The Labute approximate surface area is 105 Å². The Bertz CT molecular complexity index is 612. The minimum absolute atomic E-state index is 0.863. The van der Waals surface area contributed by atoms with Crippen molar-refractivity contribution in [2.75, 3.05) is 0 Å². The summed E-state index contributed by atoms with van der Waals surface area (Å²) in [5.41, 5.74) is 3.87. The van der Waals surface area contributed by atoms with Crippen molar-refractivity contribution in [3.8, 4) is 5.69 Å². The average molecular weight is 242 g/mol. The van der Waals surface area contributed by atoms with Gasteiger partial charge in [-0.3, -0.25) is 0 Å². The average Bonchev–Trinajstić information content (AvgIpc) is 2.73. The highest BCUT2D eigenvalue weighted by atomic mass is 16.4. The van der Waals surface area contributed by atoms with Gasteiger partial charge in [-0.15, -0.1) is 0 Å². The summed E-state index contributed by atoms with van der Waals surface area (Å²) in [6, 6.07) is 7.69. The maximum Gasteiger partial charge on any atom is 0.328 e. The maximum absolute atomic E-state index is 10.4. The minimum Gasteiger partial charge on any atom is -0.478 e. The van der Waals surface area contributed by atoms with E-state index < -0.39 is 5.97 Å². The van der Waals surface area contributed by atoms with Crippen molar-refractivity contribution >= 4 is 12.0 Å². The van der Waals surface area contributed by atoms with Gasteiger partial charge in [0.1, 0.15) is 0 Å². The first-order chi connectivity index (χ1) is 8.56. The summed E-state index contributed by atoms with van der Waals surface area (Å²) < 4.78 is 1.81. The van der Waals surface area contributed by atoms with Gasteiger partial charge < -0.3 is 5.11 Å². The number of carbonyl (C=O) groups is 1. The zero-order valence-electron chi connectivity index (χ0n) is 10.3. The smallest absolute Gasteiger partial charge is 0.328 e. The Morgan fingerprint density at radius 1 is 1.33 bits per heavy atom. The van der Waals surface area contributed by atoms with Crippen LogP contribution < -0.4 is 0 Å². The molecule has 4 heteroatoms. The molecule has 2 rings (SSSR count). The Kier molecular flexibility index (Phi) is 3.28. The molecule has 0 amide bonds. The van der Waals surface area contributed by atoms with E-state index in [9.17, 15) is 4.79 Å². The number of hydrogen-bond acceptors (Lipinski definition) is 2. The van der Waals surface area contributed by atoms with Gasteiger partial charge in [0.2, 0.25) is 0 Å². The third-order valence-corrected chi connectivity index (χ3v) is 2.61. The highest BCUT2D eigenvalue weighted by molar-refractivity contribution is 5.85. The number of benzene rings is 1. The van der Waals surface area contributed by atoms with E-state index in [1.807, 2.05) is 49.0 Å². The SMILES string of the molecule is Cc1ccn(-c2ccc(/C=C/C(=O)O)cc2C)n1. The number of nitrogens with zero attached hydrogens (tertiary/aromatic N) is 2. The molecule has 92 valence electrons. The van der Waals surface area contributed by atoms with Crippen LogP contribution >= 0.6 is 0 Å². The van der Waals surface area contributed by atoms with Gasteiger partial charge in [0.05, 0.1) is 11.4 Å². The van der Waals surface area contributed by atoms with Crippen molar-refractivity contribution in [1.82, 2.24) is 9.78 Å². The van der Waals surface area contributed by atoms with Gasteiger partial charge in [0, 0.05) is 12.3 Å². The Morgan fingerprint density at radius 3 is 2.67 bits per heavy atom. The van der Waals surface area contributed by atoms with Gasteiger partial charge in [-0.05, 0) is 49.2 Å². The van der Waals surface area contributed by atoms with Gasteiger partial charge in [0.25, 0.3) is 0 Å². The van der Waals surface area contributed by atoms with Crippen molar-refractivity contribution in [1.29, 1.82) is 0 Å². The molecule has 0 aliphatic carbocycles. The number of carboxylic acid groups (broad SMARTS) is 1. The Morgan fingerprint density at radius 2 is 2.11 bits per heavy atom. The number of aromatic nitrogens is 2. The van der Waals surface area contributed by atoms with Crippen molar-refractivity contribution in [3.05, 3.63) is 53.4 Å². The highest BCUT2D eigenvalue weighted by Gasteiger charge is 2.02. The van der Waals surface area contributed by atoms with Crippen molar-refractivity contribution in [3.63, 3.8) is 0 Å². The molecule has 0 unspecified atom stereocenters. The number of carboxylic acids is 1. The first-order valence-corrected chi connectivity index (χ1v) is 5.60. The van der Waals surface area contributed by atoms with Crippen LogP contribution in [-0.4, -0.2) is 20.9 Å². The van der Waals surface area contributed by atoms with Gasteiger partial charge in [0.15, 0.2) is 0 Å². The molecule has 0 radical (unpaired) electrons. The fourth-order valence-electron chi connectivity index (χ4n) is 1.76. The number of aliphatic carboxylic acids is 1. The fourth-order valence-corrected chi connectivity index (χ4v) is 1.76. The summed E-state index contributed by atoms with van der Waals surface area (Å²) in [6.45, 7) is 3.92. The summed E-state index contributed by atoms with van der Waals surface area (Å²) in [5, 5.41) is 12.9. The van der Waals surface area contributed by atoms with E-state index in [1.54, 1.807) is 6.08 Å². The zero-order valence-corrected chi connectivity index (χ0v) is 10.3. The van der Waals surface area contributed by atoms with Crippen LogP contribution in [0, 0.1) is 13.8 Å². The normalized spacial score (nSPS) is 11.0. The van der Waals surface area contributed by atoms with Gasteiger partial charge in [-0.25, -0.2) is 9.48 Å². The van der Waals surface area contributed by atoms with E-state index in [-0.39, 0.29) is 0 Å². The van der Waals surface area contributed by atoms with Crippen LogP contribution in [0.4, 0.5) is 0 Å². The molecule has 0 saturated heterocycles. The molecule has 0 atom stereocenters. The lowest BCUT2D eigenvalue weighted by Gasteiger charge is -2.06. The molecule has 2 aromatic rings.